The molecule has 1 aromatic carbocycles. The molecule has 3 aromatic heterocycles. The fourth-order valence-corrected chi connectivity index (χ4v) is 3.44. The minimum absolute atomic E-state index is 0.0452. The molecule has 0 saturated carbocycles. The fraction of sp³-hybridized carbons (Fsp3) is 0.130. The Morgan fingerprint density at radius 1 is 1.06 bits per heavy atom. The van der Waals surface area contributed by atoms with Crippen molar-refractivity contribution < 1.29 is 23.6 Å². The van der Waals surface area contributed by atoms with Crippen LogP contribution in [-0.4, -0.2) is 47.6 Å². The van der Waals surface area contributed by atoms with Gasteiger partial charge < -0.3 is 15.4 Å². The van der Waals surface area contributed by atoms with Crippen molar-refractivity contribution in [1.82, 2.24) is 14.4 Å². The number of benzene rings is 1. The first-order chi connectivity index (χ1) is 16.3. The highest BCUT2D eigenvalue weighted by Gasteiger charge is 2.18. The predicted octanol–water partition coefficient (Wildman–Crippen LogP) is 3.27. The summed E-state index contributed by atoms with van der Waals surface area (Å²) in [6, 6.07) is 10.1. The number of anilines is 2. The molecule has 0 aliphatic carbocycles. The first-order valence-corrected chi connectivity index (χ1v) is 10.0. The molecule has 174 valence electrons. The van der Waals surface area contributed by atoms with Gasteiger partial charge in [0.05, 0.1) is 31.7 Å². The number of carbonyl (C=O) groups is 2. The van der Waals surface area contributed by atoms with Gasteiger partial charge in [0, 0.05) is 36.8 Å². The maximum atomic E-state index is 13.8. The minimum atomic E-state index is -0.802. The topological polar surface area (TPSA) is 115 Å². The second kappa shape index (κ2) is 9.16. The Hall–Kier alpha value is -4.51. The smallest absolute Gasteiger partial charge is 0.345 e. The van der Waals surface area contributed by atoms with E-state index in [-0.39, 0.29) is 17.5 Å². The number of pyridine rings is 2. The van der Waals surface area contributed by atoms with E-state index in [4.69, 9.17) is 15.3 Å². The lowest BCUT2D eigenvalue weighted by atomic mass is 10.2. The molecular formula is C23H21FN6O4. The van der Waals surface area contributed by atoms with Gasteiger partial charge in [-0.25, -0.2) is 19.2 Å². The number of hydrogen-bond donors (Lipinski definition) is 1. The summed E-state index contributed by atoms with van der Waals surface area (Å²) in [6.07, 6.45) is 4.85. The maximum Gasteiger partial charge on any atom is 0.345 e. The van der Waals surface area contributed by atoms with E-state index in [0.717, 1.165) is 5.06 Å². The number of primary amides is 1. The minimum Gasteiger partial charge on any atom is -0.494 e. The number of nitrogens with zero attached hydrogens (tertiary/aromatic N) is 5. The maximum absolute atomic E-state index is 13.8. The van der Waals surface area contributed by atoms with Crippen LogP contribution >= 0.6 is 0 Å². The molecular weight excluding hydrogens is 443 g/mol. The molecule has 0 spiro atoms. The van der Waals surface area contributed by atoms with Gasteiger partial charge in [0.15, 0.2) is 17.4 Å². The van der Waals surface area contributed by atoms with E-state index in [2.05, 4.69) is 9.97 Å². The summed E-state index contributed by atoms with van der Waals surface area (Å²) in [6.45, 7) is 0. The molecule has 3 amide bonds. The van der Waals surface area contributed by atoms with Crippen molar-refractivity contribution in [2.45, 2.75) is 0 Å². The van der Waals surface area contributed by atoms with E-state index in [1.54, 1.807) is 54.3 Å². The summed E-state index contributed by atoms with van der Waals surface area (Å²) in [5, 5.41) is 0.856. The molecule has 0 fully saturated rings. The van der Waals surface area contributed by atoms with Crippen LogP contribution in [0.1, 0.15) is 10.4 Å². The number of ether oxygens (including phenoxy) is 1. The van der Waals surface area contributed by atoms with Gasteiger partial charge in [-0.1, -0.05) is 0 Å². The Morgan fingerprint density at radius 3 is 2.50 bits per heavy atom. The molecule has 0 bridgehead atoms. The van der Waals surface area contributed by atoms with E-state index in [1.807, 2.05) is 0 Å². The highest BCUT2D eigenvalue weighted by atomic mass is 19.1. The molecule has 0 atom stereocenters. The Bertz CT molecular complexity index is 1370. The number of nitrogens with two attached hydrogens (primary N) is 1. The number of methoxy groups -OCH3 is 1. The first-order valence-electron chi connectivity index (χ1n) is 10.0. The van der Waals surface area contributed by atoms with Crippen LogP contribution in [0.25, 0.3) is 16.9 Å². The second-order valence-corrected chi connectivity index (χ2v) is 7.19. The molecule has 0 aliphatic heterocycles. The highest BCUT2D eigenvalue weighted by Crippen LogP contribution is 2.26. The van der Waals surface area contributed by atoms with Crippen molar-refractivity contribution in [3.8, 4) is 17.0 Å². The van der Waals surface area contributed by atoms with Crippen LogP contribution in [0.5, 0.6) is 5.75 Å². The van der Waals surface area contributed by atoms with Crippen LogP contribution in [0.3, 0.4) is 0 Å². The number of rotatable bonds is 6. The summed E-state index contributed by atoms with van der Waals surface area (Å²) >= 11 is 0. The van der Waals surface area contributed by atoms with E-state index in [0.29, 0.717) is 28.2 Å². The van der Waals surface area contributed by atoms with E-state index in [9.17, 15) is 14.0 Å². The largest absolute Gasteiger partial charge is 0.494 e. The number of carbonyl (C=O) groups excluding carboxylic acids is 2. The lowest BCUT2D eigenvalue weighted by molar-refractivity contribution is 0.0992. The molecule has 11 heteroatoms. The van der Waals surface area contributed by atoms with Crippen LogP contribution in [0, 0.1) is 5.82 Å². The van der Waals surface area contributed by atoms with Crippen molar-refractivity contribution in [1.29, 1.82) is 0 Å². The van der Waals surface area contributed by atoms with Crippen molar-refractivity contribution >= 4 is 29.1 Å². The average molecular weight is 464 g/mol. The summed E-state index contributed by atoms with van der Waals surface area (Å²) < 4.78 is 20.5. The normalized spacial score (nSPS) is 10.8. The van der Waals surface area contributed by atoms with E-state index >= 15 is 0 Å². The monoisotopic (exact) mass is 464 g/mol. The van der Waals surface area contributed by atoms with E-state index in [1.165, 1.54) is 37.3 Å². The molecule has 3 heterocycles. The zero-order chi connectivity index (χ0) is 24.4. The summed E-state index contributed by atoms with van der Waals surface area (Å²) in [5.41, 5.74) is 8.13. The van der Waals surface area contributed by atoms with Gasteiger partial charge in [-0.3, -0.25) is 14.0 Å². The zero-order valence-corrected chi connectivity index (χ0v) is 18.6. The SMILES string of the molecule is COc1cc(N(C)C(=O)c2ccc3ncc(-c4ccc(N(OC)C(N)=O)nc4)n3c2)ccc1F. The molecule has 0 radical (unpaired) electrons. The van der Waals surface area contributed by atoms with Crippen molar-refractivity contribution in [2.24, 2.45) is 5.73 Å². The number of halogens is 1. The van der Waals surface area contributed by atoms with Crippen LogP contribution in [0.15, 0.2) is 61.1 Å². The van der Waals surface area contributed by atoms with Gasteiger partial charge in [-0.2, -0.15) is 5.06 Å². The van der Waals surface area contributed by atoms with Crippen LogP contribution in [0.4, 0.5) is 20.7 Å². The Labute approximate surface area is 193 Å². The predicted molar refractivity (Wildman–Crippen MR) is 123 cm³/mol. The van der Waals surface area contributed by atoms with Gasteiger partial charge in [0.2, 0.25) is 0 Å². The molecule has 4 aromatic rings. The number of imidazole rings is 1. The highest BCUT2D eigenvalue weighted by molar-refractivity contribution is 6.05. The molecule has 0 unspecified atom stereocenters. The third-order valence-corrected chi connectivity index (χ3v) is 5.21. The zero-order valence-electron chi connectivity index (χ0n) is 18.6. The standard InChI is InChI=1S/C23H21FN6O4/c1-28(16-6-7-17(24)19(10-16)33-2)22(31)15-5-8-20-27-12-18(29(20)13-15)14-4-9-21(26-11-14)30(34-3)23(25)32/h4-13H,1-3H3,(H2,25,32). The second-order valence-electron chi connectivity index (χ2n) is 7.19. The molecule has 34 heavy (non-hydrogen) atoms. The van der Waals surface area contributed by atoms with Gasteiger partial charge in [0.25, 0.3) is 5.91 Å². The lowest BCUT2D eigenvalue weighted by Gasteiger charge is -2.18. The van der Waals surface area contributed by atoms with Gasteiger partial charge >= 0.3 is 6.03 Å². The quantitative estimate of drug-likeness (QED) is 0.438. The third kappa shape index (κ3) is 4.11. The Morgan fingerprint density at radius 2 is 1.85 bits per heavy atom. The first kappa shape index (κ1) is 22.7. The Kier molecular flexibility index (Phi) is 6.11. The number of amides is 3. The lowest BCUT2D eigenvalue weighted by Crippen LogP contribution is -2.35. The number of hydrogen-bond acceptors (Lipinski definition) is 6. The molecule has 2 N–H and O–H groups in total. The number of urea groups is 1. The average Bonchev–Trinajstić information content (AvgIpc) is 3.27. The number of aromatic nitrogens is 3. The van der Waals surface area contributed by atoms with Crippen LogP contribution in [-0.2, 0) is 4.84 Å². The van der Waals surface area contributed by atoms with Gasteiger partial charge in [-0.15, -0.1) is 0 Å². The summed E-state index contributed by atoms with van der Waals surface area (Å²) in [7, 11) is 4.26. The van der Waals surface area contributed by atoms with Crippen molar-refractivity contribution in [3.63, 3.8) is 0 Å². The fourth-order valence-electron chi connectivity index (χ4n) is 3.44. The third-order valence-electron chi connectivity index (χ3n) is 5.21. The van der Waals surface area contributed by atoms with E-state index < -0.39 is 11.8 Å². The van der Waals surface area contributed by atoms with Crippen molar-refractivity contribution in [3.05, 3.63) is 72.4 Å². The van der Waals surface area contributed by atoms with Gasteiger partial charge in [-0.05, 0) is 36.4 Å². The molecule has 4 rings (SSSR count). The number of hydroxylamine groups is 1. The molecule has 0 saturated heterocycles. The molecule has 10 nitrogen and oxygen atoms in total. The van der Waals surface area contributed by atoms with Gasteiger partial charge in [0.1, 0.15) is 5.65 Å². The number of fused-ring (bicyclic) bond motifs is 1. The molecule has 0 aliphatic rings. The van der Waals surface area contributed by atoms with Crippen LogP contribution in [0.2, 0.25) is 0 Å². The summed E-state index contributed by atoms with van der Waals surface area (Å²) in [4.78, 5) is 39.5. The Balaban J connectivity index is 1.66. The van der Waals surface area contributed by atoms with Crippen molar-refractivity contribution in [2.75, 3.05) is 31.2 Å². The summed E-state index contributed by atoms with van der Waals surface area (Å²) in [5.74, 6) is -0.551. The van der Waals surface area contributed by atoms with Crippen LogP contribution < -0.4 is 20.4 Å².